The van der Waals surface area contributed by atoms with Gasteiger partial charge in [0, 0.05) is 17.8 Å². The summed E-state index contributed by atoms with van der Waals surface area (Å²) in [6.45, 7) is 4.82. The van der Waals surface area contributed by atoms with Crippen LogP contribution < -0.4 is 0 Å². The first-order valence-corrected chi connectivity index (χ1v) is 8.31. The Morgan fingerprint density at radius 1 is 1.25 bits per heavy atom. The third-order valence-electron chi connectivity index (χ3n) is 4.54. The highest BCUT2D eigenvalue weighted by Gasteiger charge is 2.34. The monoisotopic (exact) mass is 324 g/mol. The topological polar surface area (TPSA) is 90.6 Å². The first-order valence-electron chi connectivity index (χ1n) is 8.31. The van der Waals surface area contributed by atoms with Crippen molar-refractivity contribution in [1.29, 1.82) is 0 Å². The van der Waals surface area contributed by atoms with Crippen LogP contribution in [0.2, 0.25) is 0 Å². The van der Waals surface area contributed by atoms with Gasteiger partial charge in [-0.05, 0) is 18.9 Å². The van der Waals surface area contributed by atoms with Gasteiger partial charge in [-0.15, -0.1) is 0 Å². The fourth-order valence-electron chi connectivity index (χ4n) is 3.25. The molecule has 1 saturated heterocycles. The molecule has 0 unspecified atom stereocenters. The van der Waals surface area contributed by atoms with Crippen LogP contribution in [0.5, 0.6) is 0 Å². The second-order valence-corrected chi connectivity index (χ2v) is 6.51. The Balaban J connectivity index is 1.65. The van der Waals surface area contributed by atoms with Crippen molar-refractivity contribution in [2.45, 2.75) is 38.6 Å². The normalized spacial score (nSPS) is 18.0. The van der Waals surface area contributed by atoms with Gasteiger partial charge in [0.25, 0.3) is 5.91 Å². The molecule has 1 atom stereocenters. The third kappa shape index (κ3) is 2.36. The molecular weight excluding hydrogens is 304 g/mol. The van der Waals surface area contributed by atoms with Gasteiger partial charge in [-0.3, -0.25) is 15.0 Å². The van der Waals surface area contributed by atoms with E-state index >= 15 is 0 Å². The van der Waals surface area contributed by atoms with Crippen molar-refractivity contribution in [2.24, 2.45) is 0 Å². The standard InChI is InChI=1S/C17H20N6O/c1-10(2)15-18-16(22-21-15)13-8-5-9-23(13)17(24)14-11-6-3-4-7-12(11)19-20-14/h3-4,6-7,10,13H,5,8-9H2,1-2H3,(H,19,20)(H,18,21,22)/t13-/m0/s1. The van der Waals surface area contributed by atoms with Crippen molar-refractivity contribution in [2.75, 3.05) is 6.54 Å². The van der Waals surface area contributed by atoms with Gasteiger partial charge in [-0.25, -0.2) is 4.98 Å². The molecule has 2 aromatic heterocycles. The van der Waals surface area contributed by atoms with Crippen molar-refractivity contribution in [3.05, 3.63) is 41.6 Å². The summed E-state index contributed by atoms with van der Waals surface area (Å²) in [4.78, 5) is 19.5. The van der Waals surface area contributed by atoms with Crippen LogP contribution in [0.3, 0.4) is 0 Å². The fourth-order valence-corrected chi connectivity index (χ4v) is 3.25. The summed E-state index contributed by atoms with van der Waals surface area (Å²) in [5.74, 6) is 1.76. The number of fused-ring (bicyclic) bond motifs is 1. The molecule has 0 radical (unpaired) electrons. The van der Waals surface area contributed by atoms with Crippen molar-refractivity contribution in [3.8, 4) is 0 Å². The van der Waals surface area contributed by atoms with Gasteiger partial charge in [0.05, 0.1) is 11.6 Å². The Kier molecular flexibility index (Phi) is 3.55. The molecule has 3 heterocycles. The quantitative estimate of drug-likeness (QED) is 0.775. The Bertz CT molecular complexity index is 880. The van der Waals surface area contributed by atoms with E-state index < -0.39 is 0 Å². The minimum Gasteiger partial charge on any atom is -0.327 e. The minimum atomic E-state index is -0.0621. The fraction of sp³-hybridized carbons (Fsp3) is 0.412. The van der Waals surface area contributed by atoms with Crippen molar-refractivity contribution >= 4 is 16.8 Å². The van der Waals surface area contributed by atoms with Crippen molar-refractivity contribution in [1.82, 2.24) is 30.3 Å². The van der Waals surface area contributed by atoms with Gasteiger partial charge in [-0.1, -0.05) is 32.0 Å². The number of carbonyl (C=O) groups excluding carboxylic acids is 1. The van der Waals surface area contributed by atoms with Crippen LogP contribution in [-0.2, 0) is 0 Å². The van der Waals surface area contributed by atoms with Gasteiger partial charge in [0.15, 0.2) is 11.5 Å². The van der Waals surface area contributed by atoms with Crippen molar-refractivity contribution in [3.63, 3.8) is 0 Å². The molecule has 1 aromatic carbocycles. The third-order valence-corrected chi connectivity index (χ3v) is 4.54. The SMILES string of the molecule is CC(C)c1n[nH]c([C@@H]2CCCN2C(=O)c2n[nH]c3ccccc23)n1. The maximum atomic E-state index is 13.0. The summed E-state index contributed by atoms with van der Waals surface area (Å²) < 4.78 is 0. The Labute approximate surface area is 139 Å². The number of carbonyl (C=O) groups is 1. The minimum absolute atomic E-state index is 0.0579. The average Bonchev–Trinajstić information content (AvgIpc) is 3.31. The Hall–Kier alpha value is -2.70. The second kappa shape index (κ2) is 5.74. The van der Waals surface area contributed by atoms with E-state index in [1.165, 1.54) is 0 Å². The maximum absolute atomic E-state index is 13.0. The number of amides is 1. The van der Waals surface area contributed by atoms with E-state index in [9.17, 15) is 4.79 Å². The van der Waals surface area contributed by atoms with E-state index in [1.807, 2.05) is 29.2 Å². The van der Waals surface area contributed by atoms with Crippen LogP contribution >= 0.6 is 0 Å². The number of benzene rings is 1. The van der Waals surface area contributed by atoms with Crippen LogP contribution in [0.15, 0.2) is 24.3 Å². The summed E-state index contributed by atoms with van der Waals surface area (Å²) in [6.07, 6.45) is 1.84. The predicted molar refractivity (Wildman–Crippen MR) is 89.6 cm³/mol. The molecule has 24 heavy (non-hydrogen) atoms. The average molecular weight is 324 g/mol. The lowest BCUT2D eigenvalue weighted by Gasteiger charge is -2.22. The number of para-hydroxylation sites is 1. The van der Waals surface area contributed by atoms with E-state index in [0.29, 0.717) is 12.2 Å². The van der Waals surface area contributed by atoms with E-state index in [-0.39, 0.29) is 17.9 Å². The van der Waals surface area contributed by atoms with Crippen molar-refractivity contribution < 1.29 is 4.79 Å². The summed E-state index contributed by atoms with van der Waals surface area (Å²) >= 11 is 0. The Morgan fingerprint density at radius 2 is 2.08 bits per heavy atom. The predicted octanol–water partition coefficient (Wildman–Crippen LogP) is 2.78. The number of rotatable bonds is 3. The number of hydrogen-bond acceptors (Lipinski definition) is 4. The summed E-state index contributed by atoms with van der Waals surface area (Å²) in [5, 5.41) is 15.3. The largest absolute Gasteiger partial charge is 0.327 e. The van der Waals surface area contributed by atoms with Crippen LogP contribution in [0.1, 0.15) is 60.8 Å². The highest BCUT2D eigenvalue weighted by atomic mass is 16.2. The molecular formula is C17H20N6O. The Morgan fingerprint density at radius 3 is 2.88 bits per heavy atom. The van der Waals surface area contributed by atoms with E-state index in [2.05, 4.69) is 39.2 Å². The lowest BCUT2D eigenvalue weighted by Crippen LogP contribution is -2.31. The van der Waals surface area contributed by atoms with Gasteiger partial charge in [0.2, 0.25) is 0 Å². The van der Waals surface area contributed by atoms with E-state index in [0.717, 1.165) is 35.4 Å². The van der Waals surface area contributed by atoms with Gasteiger partial charge >= 0.3 is 0 Å². The molecule has 2 N–H and O–H groups in total. The van der Waals surface area contributed by atoms with Gasteiger partial charge in [-0.2, -0.15) is 10.2 Å². The van der Waals surface area contributed by atoms with Crippen LogP contribution in [0.4, 0.5) is 0 Å². The zero-order valence-electron chi connectivity index (χ0n) is 13.8. The number of hydrogen-bond donors (Lipinski definition) is 2. The maximum Gasteiger partial charge on any atom is 0.275 e. The number of nitrogens with zero attached hydrogens (tertiary/aromatic N) is 4. The molecule has 0 bridgehead atoms. The van der Waals surface area contributed by atoms with E-state index in [1.54, 1.807) is 0 Å². The molecule has 4 rings (SSSR count). The van der Waals surface area contributed by atoms with E-state index in [4.69, 9.17) is 0 Å². The number of H-pyrrole nitrogens is 2. The number of likely N-dealkylation sites (tertiary alicyclic amines) is 1. The molecule has 7 heteroatoms. The lowest BCUT2D eigenvalue weighted by atomic mass is 10.1. The van der Waals surface area contributed by atoms with Crippen LogP contribution in [0, 0.1) is 0 Å². The molecule has 0 spiro atoms. The number of nitrogens with one attached hydrogen (secondary N) is 2. The zero-order chi connectivity index (χ0) is 16.7. The second-order valence-electron chi connectivity index (χ2n) is 6.51. The number of aromatic nitrogens is 5. The summed E-state index contributed by atoms with van der Waals surface area (Å²) in [7, 11) is 0. The molecule has 1 aliphatic rings. The molecule has 124 valence electrons. The smallest absolute Gasteiger partial charge is 0.275 e. The summed E-state index contributed by atoms with van der Waals surface area (Å²) in [5.41, 5.74) is 1.35. The lowest BCUT2D eigenvalue weighted by molar-refractivity contribution is 0.0726. The molecule has 0 aliphatic carbocycles. The molecule has 1 fully saturated rings. The highest BCUT2D eigenvalue weighted by molar-refractivity contribution is 6.04. The summed E-state index contributed by atoms with van der Waals surface area (Å²) in [6, 6.07) is 7.62. The van der Waals surface area contributed by atoms with Gasteiger partial charge < -0.3 is 4.90 Å². The van der Waals surface area contributed by atoms with Crippen LogP contribution in [0.25, 0.3) is 10.9 Å². The van der Waals surface area contributed by atoms with Crippen LogP contribution in [-0.4, -0.2) is 42.7 Å². The first kappa shape index (κ1) is 14.9. The van der Waals surface area contributed by atoms with Gasteiger partial charge in [0.1, 0.15) is 5.82 Å². The molecule has 0 saturated carbocycles. The highest BCUT2D eigenvalue weighted by Crippen LogP contribution is 2.32. The molecule has 3 aromatic rings. The first-order chi connectivity index (χ1) is 11.6. The molecule has 7 nitrogen and oxygen atoms in total. The molecule has 1 aliphatic heterocycles. The number of aromatic amines is 2. The molecule has 1 amide bonds. The zero-order valence-corrected chi connectivity index (χ0v) is 13.8.